The Hall–Kier alpha value is -1.89. The van der Waals surface area contributed by atoms with Crippen molar-refractivity contribution in [3.8, 4) is 0 Å². The molecule has 0 radical (unpaired) electrons. The summed E-state index contributed by atoms with van der Waals surface area (Å²) in [7, 11) is 0. The number of rotatable bonds is 6. The first-order valence-corrected chi connectivity index (χ1v) is 8.47. The van der Waals surface area contributed by atoms with Crippen LogP contribution in [0.1, 0.15) is 55.3 Å². The van der Waals surface area contributed by atoms with Gasteiger partial charge in [-0.25, -0.2) is 4.98 Å². The lowest BCUT2D eigenvalue weighted by atomic mass is 9.85. The van der Waals surface area contributed by atoms with E-state index in [0.29, 0.717) is 23.2 Å². The van der Waals surface area contributed by atoms with Gasteiger partial charge in [-0.2, -0.15) is 4.98 Å². The molecule has 1 aromatic heterocycles. The number of anilines is 2. The Morgan fingerprint density at radius 1 is 1.26 bits per heavy atom. The van der Waals surface area contributed by atoms with E-state index in [2.05, 4.69) is 20.6 Å². The number of hydrogen-bond acceptors (Lipinski definition) is 6. The van der Waals surface area contributed by atoms with E-state index in [9.17, 15) is 9.90 Å². The Morgan fingerprint density at radius 3 is 2.61 bits per heavy atom. The molecule has 3 rings (SSSR count). The van der Waals surface area contributed by atoms with E-state index < -0.39 is 5.91 Å². The van der Waals surface area contributed by atoms with Gasteiger partial charge in [0.05, 0.1) is 11.7 Å². The van der Waals surface area contributed by atoms with Gasteiger partial charge in [-0.15, -0.1) is 0 Å². The minimum Gasteiger partial charge on any atom is -0.393 e. The van der Waals surface area contributed by atoms with Crippen molar-refractivity contribution in [1.82, 2.24) is 9.97 Å². The summed E-state index contributed by atoms with van der Waals surface area (Å²) < 4.78 is 0. The number of aromatic nitrogens is 2. The molecule has 0 bridgehead atoms. The van der Waals surface area contributed by atoms with E-state index in [4.69, 9.17) is 5.73 Å². The molecule has 23 heavy (non-hydrogen) atoms. The highest BCUT2D eigenvalue weighted by Crippen LogP contribution is 2.27. The van der Waals surface area contributed by atoms with Crippen molar-refractivity contribution >= 4 is 17.7 Å². The third-order valence-electron chi connectivity index (χ3n) is 4.87. The van der Waals surface area contributed by atoms with Gasteiger partial charge in [0, 0.05) is 18.8 Å². The van der Waals surface area contributed by atoms with Crippen LogP contribution in [0.4, 0.5) is 11.8 Å². The summed E-state index contributed by atoms with van der Waals surface area (Å²) in [5.74, 6) is 1.15. The Bertz CT molecular complexity index is 553. The topological polar surface area (TPSA) is 113 Å². The average molecular weight is 319 g/mol. The third-order valence-corrected chi connectivity index (χ3v) is 4.87. The molecule has 1 aromatic rings. The number of primary amides is 1. The number of carbonyl (C=O) groups excluding carboxylic acids is 1. The Labute approximate surface area is 136 Å². The molecule has 1 heterocycles. The molecule has 0 spiro atoms. The van der Waals surface area contributed by atoms with Crippen molar-refractivity contribution in [3.05, 3.63) is 11.8 Å². The van der Waals surface area contributed by atoms with Gasteiger partial charge in [0.25, 0.3) is 5.91 Å². The molecule has 0 aromatic carbocycles. The largest absolute Gasteiger partial charge is 0.393 e. The van der Waals surface area contributed by atoms with Crippen LogP contribution in [0.2, 0.25) is 0 Å². The van der Waals surface area contributed by atoms with Gasteiger partial charge in [0.15, 0.2) is 0 Å². The SMILES string of the molecule is NC(=O)c1cnc(N[C@H]2CC[C@H](O)CC2)nc1NCC1CCC1. The fourth-order valence-electron chi connectivity index (χ4n) is 3.11. The molecule has 5 N–H and O–H groups in total. The van der Waals surface area contributed by atoms with Crippen LogP contribution in [0.5, 0.6) is 0 Å². The van der Waals surface area contributed by atoms with Crippen molar-refractivity contribution in [3.63, 3.8) is 0 Å². The first-order valence-electron chi connectivity index (χ1n) is 8.47. The van der Waals surface area contributed by atoms with Crippen LogP contribution in [0.25, 0.3) is 0 Å². The predicted octanol–water partition coefficient (Wildman–Crippen LogP) is 1.50. The summed E-state index contributed by atoms with van der Waals surface area (Å²) >= 11 is 0. The molecule has 0 atom stereocenters. The second kappa shape index (κ2) is 7.12. The quantitative estimate of drug-likeness (QED) is 0.632. The second-order valence-corrected chi connectivity index (χ2v) is 6.65. The normalized spacial score (nSPS) is 24.7. The highest BCUT2D eigenvalue weighted by Gasteiger charge is 2.22. The molecule has 2 aliphatic rings. The van der Waals surface area contributed by atoms with Crippen molar-refractivity contribution in [2.45, 2.75) is 57.1 Å². The number of aliphatic hydroxyl groups excluding tert-OH is 1. The summed E-state index contributed by atoms with van der Waals surface area (Å²) in [6, 6.07) is 0.261. The van der Waals surface area contributed by atoms with E-state index in [1.54, 1.807) is 0 Å². The van der Waals surface area contributed by atoms with Gasteiger partial charge in [-0.05, 0) is 44.4 Å². The minimum atomic E-state index is -0.520. The lowest BCUT2D eigenvalue weighted by Gasteiger charge is -2.27. The minimum absolute atomic E-state index is 0.189. The maximum Gasteiger partial charge on any atom is 0.254 e. The van der Waals surface area contributed by atoms with Crippen LogP contribution in [0, 0.1) is 5.92 Å². The molecule has 0 saturated heterocycles. The third kappa shape index (κ3) is 4.10. The zero-order valence-corrected chi connectivity index (χ0v) is 13.3. The molecule has 0 aliphatic heterocycles. The van der Waals surface area contributed by atoms with Crippen LogP contribution in [0.15, 0.2) is 6.20 Å². The standard InChI is InChI=1S/C16H25N5O2/c17-14(23)13-9-19-16(20-11-4-6-12(22)7-5-11)21-15(13)18-8-10-2-1-3-10/h9-12,22H,1-8H2,(H2,17,23)(H2,18,19,20,21)/t11-,12-. The van der Waals surface area contributed by atoms with E-state index >= 15 is 0 Å². The summed E-state index contributed by atoms with van der Waals surface area (Å²) in [5, 5.41) is 16.1. The van der Waals surface area contributed by atoms with E-state index in [1.807, 2.05) is 0 Å². The van der Waals surface area contributed by atoms with Gasteiger partial charge in [-0.3, -0.25) is 4.79 Å². The number of hydrogen-bond donors (Lipinski definition) is 4. The first-order chi connectivity index (χ1) is 11.1. The van der Waals surface area contributed by atoms with Crippen LogP contribution in [0.3, 0.4) is 0 Å². The highest BCUT2D eigenvalue weighted by atomic mass is 16.3. The van der Waals surface area contributed by atoms with Gasteiger partial charge >= 0.3 is 0 Å². The molecular formula is C16H25N5O2. The zero-order valence-electron chi connectivity index (χ0n) is 13.3. The zero-order chi connectivity index (χ0) is 16.2. The van der Waals surface area contributed by atoms with E-state index in [0.717, 1.165) is 32.2 Å². The Kier molecular flexibility index (Phi) is 4.95. The lowest BCUT2D eigenvalue weighted by molar-refractivity contribution is 0.1000. The average Bonchev–Trinajstić information content (AvgIpc) is 2.48. The fraction of sp³-hybridized carbons (Fsp3) is 0.688. The van der Waals surface area contributed by atoms with Crippen molar-refractivity contribution in [1.29, 1.82) is 0 Å². The van der Waals surface area contributed by atoms with Gasteiger partial charge in [-0.1, -0.05) is 6.42 Å². The maximum absolute atomic E-state index is 11.5. The Balaban J connectivity index is 1.66. The fourth-order valence-corrected chi connectivity index (χ4v) is 3.11. The molecule has 126 valence electrons. The molecule has 2 fully saturated rings. The summed E-state index contributed by atoms with van der Waals surface area (Å²) in [6.45, 7) is 0.812. The van der Waals surface area contributed by atoms with Gasteiger partial charge < -0.3 is 21.5 Å². The molecule has 0 unspecified atom stereocenters. The van der Waals surface area contributed by atoms with Gasteiger partial charge in [0.1, 0.15) is 5.82 Å². The smallest absolute Gasteiger partial charge is 0.254 e. The predicted molar refractivity (Wildman–Crippen MR) is 88.3 cm³/mol. The number of nitrogens with two attached hydrogens (primary N) is 1. The maximum atomic E-state index is 11.5. The van der Waals surface area contributed by atoms with E-state index in [-0.39, 0.29) is 12.1 Å². The van der Waals surface area contributed by atoms with Crippen molar-refractivity contribution in [2.75, 3.05) is 17.2 Å². The highest BCUT2D eigenvalue weighted by molar-refractivity contribution is 5.97. The summed E-state index contributed by atoms with van der Waals surface area (Å²) in [6.07, 6.45) is 8.40. The number of nitrogens with zero attached hydrogens (tertiary/aromatic N) is 2. The van der Waals surface area contributed by atoms with Gasteiger partial charge in [0.2, 0.25) is 5.95 Å². The van der Waals surface area contributed by atoms with Crippen LogP contribution in [-0.4, -0.2) is 39.7 Å². The van der Waals surface area contributed by atoms with Crippen LogP contribution < -0.4 is 16.4 Å². The molecule has 7 nitrogen and oxygen atoms in total. The molecule has 2 aliphatic carbocycles. The number of carbonyl (C=O) groups is 1. The molecule has 1 amide bonds. The van der Waals surface area contributed by atoms with Crippen molar-refractivity contribution < 1.29 is 9.90 Å². The molecule has 2 saturated carbocycles. The van der Waals surface area contributed by atoms with Crippen molar-refractivity contribution in [2.24, 2.45) is 11.7 Å². The van der Waals surface area contributed by atoms with E-state index in [1.165, 1.54) is 25.5 Å². The monoisotopic (exact) mass is 319 g/mol. The number of amides is 1. The second-order valence-electron chi connectivity index (χ2n) is 6.65. The number of nitrogens with one attached hydrogen (secondary N) is 2. The summed E-state index contributed by atoms with van der Waals surface area (Å²) in [5.41, 5.74) is 5.74. The summed E-state index contributed by atoms with van der Waals surface area (Å²) in [4.78, 5) is 20.2. The molecule has 7 heteroatoms. The molecular weight excluding hydrogens is 294 g/mol. The lowest BCUT2D eigenvalue weighted by Crippen LogP contribution is -2.29. The van der Waals surface area contributed by atoms with Crippen LogP contribution >= 0.6 is 0 Å². The first kappa shape index (κ1) is 16.0. The number of aliphatic hydroxyl groups is 1. The Morgan fingerprint density at radius 2 is 2.00 bits per heavy atom. The van der Waals surface area contributed by atoms with Crippen LogP contribution in [-0.2, 0) is 0 Å².